The Morgan fingerprint density at radius 3 is 2.05 bits per heavy atom. The van der Waals surface area contributed by atoms with E-state index in [1.54, 1.807) is 0 Å². The summed E-state index contributed by atoms with van der Waals surface area (Å²) < 4.78 is 22.5. The van der Waals surface area contributed by atoms with Crippen molar-refractivity contribution in [3.63, 3.8) is 0 Å². The second-order valence-electron chi connectivity index (χ2n) is 10.3. The van der Waals surface area contributed by atoms with Crippen molar-refractivity contribution in [2.45, 2.75) is 111 Å². The molecule has 2 heterocycles. The number of nitrogens with two attached hydrogens (primary N) is 4. The molecule has 18 heteroatoms. The minimum atomic E-state index is -1.76. The van der Waals surface area contributed by atoms with Crippen molar-refractivity contribution in [3.05, 3.63) is 0 Å². The fourth-order valence-corrected chi connectivity index (χ4v) is 5.07. The first-order chi connectivity index (χ1) is 18.9. The second kappa shape index (κ2) is 14.3. The van der Waals surface area contributed by atoms with Gasteiger partial charge in [-0.1, -0.05) is 0 Å². The number of ether oxygens (including phenoxy) is 4. The van der Waals surface area contributed by atoms with Crippen molar-refractivity contribution in [2.24, 2.45) is 22.9 Å². The number of rotatable bonds is 10. The Hall–Kier alpha value is -1.17. The van der Waals surface area contributed by atoms with Gasteiger partial charge in [0.15, 0.2) is 12.6 Å². The Balaban J connectivity index is 1.85. The summed E-state index contributed by atoms with van der Waals surface area (Å²) >= 11 is 0. The van der Waals surface area contributed by atoms with Gasteiger partial charge < -0.3 is 88.1 Å². The number of nitrogens with one attached hydrogen (secondary N) is 1. The van der Waals surface area contributed by atoms with E-state index in [-0.39, 0.29) is 25.9 Å². The minimum absolute atomic E-state index is 0.0101. The fourth-order valence-electron chi connectivity index (χ4n) is 5.07. The van der Waals surface area contributed by atoms with Crippen molar-refractivity contribution in [3.8, 4) is 0 Å². The zero-order chi connectivity index (χ0) is 29.9. The molecular formula is C22H43N5O13. The summed E-state index contributed by atoms with van der Waals surface area (Å²) in [6.07, 6.45) is -19.8. The number of aliphatic hydroxyl groups is 8. The predicted octanol–water partition coefficient (Wildman–Crippen LogP) is -8.42. The quantitative estimate of drug-likeness (QED) is 0.113. The summed E-state index contributed by atoms with van der Waals surface area (Å²) in [6, 6.07) is -3.45. The lowest BCUT2D eigenvalue weighted by Crippen LogP contribution is -2.69. The van der Waals surface area contributed by atoms with Crippen molar-refractivity contribution in [2.75, 3.05) is 19.7 Å². The minimum Gasteiger partial charge on any atom is -0.394 e. The molecule has 2 aliphatic heterocycles. The average Bonchev–Trinajstić information content (AvgIpc) is 2.92. The zero-order valence-corrected chi connectivity index (χ0v) is 21.7. The normalized spacial score (nSPS) is 47.0. The van der Waals surface area contributed by atoms with Crippen LogP contribution in [-0.2, 0) is 23.7 Å². The maximum absolute atomic E-state index is 12.6. The van der Waals surface area contributed by atoms with Gasteiger partial charge in [-0.3, -0.25) is 4.79 Å². The van der Waals surface area contributed by atoms with Gasteiger partial charge in [0, 0.05) is 12.6 Å². The van der Waals surface area contributed by atoms with E-state index in [1.165, 1.54) is 0 Å². The summed E-state index contributed by atoms with van der Waals surface area (Å²) in [5.74, 6) is -0.845. The SMILES string of the molecule is NCC[C@H](O)C(=O)N[C@@H]1C[C@H](N)[C@H](O[C@H]2O[C@H](CN)[C@@H](O)[C@H](O)[C@H]2O)[C@H](O)[C@H]1O[C@H]1O[C@H](CO)[C@@H](O)[C@H](N)[C@H]1O. The first kappa shape index (κ1) is 33.3. The molecule has 17 N–H and O–H groups in total. The Bertz CT molecular complexity index is 815. The van der Waals surface area contributed by atoms with Crippen molar-refractivity contribution >= 4 is 5.91 Å². The molecule has 3 fully saturated rings. The highest BCUT2D eigenvalue weighted by Gasteiger charge is 2.52. The molecule has 234 valence electrons. The third-order valence-corrected chi connectivity index (χ3v) is 7.51. The summed E-state index contributed by atoms with van der Waals surface area (Å²) in [5.41, 5.74) is 23.1. The molecular weight excluding hydrogens is 542 g/mol. The Labute approximate surface area is 229 Å². The highest BCUT2D eigenvalue weighted by atomic mass is 16.7. The Kier molecular flexibility index (Phi) is 11.9. The molecule has 1 amide bonds. The van der Waals surface area contributed by atoms with Gasteiger partial charge in [0.2, 0.25) is 5.91 Å². The molecule has 0 spiro atoms. The van der Waals surface area contributed by atoms with Gasteiger partial charge in [-0.2, -0.15) is 0 Å². The van der Waals surface area contributed by atoms with Gasteiger partial charge in [0.1, 0.15) is 67.1 Å². The number of aliphatic hydroxyl groups excluding tert-OH is 8. The van der Waals surface area contributed by atoms with Gasteiger partial charge in [0.25, 0.3) is 0 Å². The molecule has 40 heavy (non-hydrogen) atoms. The van der Waals surface area contributed by atoms with Gasteiger partial charge in [-0.25, -0.2) is 0 Å². The van der Waals surface area contributed by atoms with E-state index in [0.717, 1.165) is 0 Å². The van der Waals surface area contributed by atoms with E-state index < -0.39 is 110 Å². The Morgan fingerprint density at radius 1 is 0.850 bits per heavy atom. The van der Waals surface area contributed by atoms with Gasteiger partial charge >= 0.3 is 0 Å². The van der Waals surface area contributed by atoms with Crippen LogP contribution in [0.1, 0.15) is 12.8 Å². The molecule has 1 saturated carbocycles. The summed E-state index contributed by atoms with van der Waals surface area (Å²) in [4.78, 5) is 12.6. The molecule has 1 aliphatic carbocycles. The molecule has 18 nitrogen and oxygen atoms in total. The maximum Gasteiger partial charge on any atom is 0.249 e. The first-order valence-electron chi connectivity index (χ1n) is 13.1. The van der Waals surface area contributed by atoms with Crippen LogP contribution in [0.3, 0.4) is 0 Å². The first-order valence-corrected chi connectivity index (χ1v) is 13.1. The lowest BCUT2D eigenvalue weighted by atomic mass is 9.83. The van der Waals surface area contributed by atoms with E-state index in [4.69, 9.17) is 41.9 Å². The molecule has 0 unspecified atom stereocenters. The predicted molar refractivity (Wildman–Crippen MR) is 131 cm³/mol. The summed E-state index contributed by atoms with van der Waals surface area (Å²) in [7, 11) is 0. The smallest absolute Gasteiger partial charge is 0.249 e. The van der Waals surface area contributed by atoms with Gasteiger partial charge in [-0.05, 0) is 19.4 Å². The topological polar surface area (TPSA) is 332 Å². The van der Waals surface area contributed by atoms with Crippen LogP contribution in [0.4, 0.5) is 0 Å². The monoisotopic (exact) mass is 585 g/mol. The fraction of sp³-hybridized carbons (Fsp3) is 0.955. The van der Waals surface area contributed by atoms with Crippen LogP contribution >= 0.6 is 0 Å². The van der Waals surface area contributed by atoms with E-state index in [0.29, 0.717) is 0 Å². The summed E-state index contributed by atoms with van der Waals surface area (Å²) in [5, 5.41) is 84.9. The average molecular weight is 586 g/mol. The van der Waals surface area contributed by atoms with Crippen molar-refractivity contribution in [1.29, 1.82) is 0 Å². The molecule has 0 aromatic carbocycles. The highest BCUT2D eigenvalue weighted by Crippen LogP contribution is 2.32. The maximum atomic E-state index is 12.6. The number of hydrogen-bond donors (Lipinski definition) is 13. The number of carbonyl (C=O) groups excluding carboxylic acids is 1. The van der Waals surface area contributed by atoms with Crippen LogP contribution < -0.4 is 28.3 Å². The third-order valence-electron chi connectivity index (χ3n) is 7.51. The van der Waals surface area contributed by atoms with Crippen molar-refractivity contribution in [1.82, 2.24) is 5.32 Å². The van der Waals surface area contributed by atoms with Crippen LogP contribution in [0.2, 0.25) is 0 Å². The third kappa shape index (κ3) is 7.06. The number of amides is 1. The van der Waals surface area contributed by atoms with Gasteiger partial charge in [-0.15, -0.1) is 0 Å². The molecule has 0 aromatic rings. The van der Waals surface area contributed by atoms with E-state index in [9.17, 15) is 45.6 Å². The van der Waals surface area contributed by atoms with Crippen LogP contribution in [0, 0.1) is 0 Å². The van der Waals surface area contributed by atoms with E-state index in [1.807, 2.05) is 0 Å². The summed E-state index contributed by atoms with van der Waals surface area (Å²) in [6.45, 7) is -0.898. The van der Waals surface area contributed by atoms with Crippen LogP contribution in [0.15, 0.2) is 0 Å². The zero-order valence-electron chi connectivity index (χ0n) is 21.7. The lowest BCUT2D eigenvalue weighted by molar-refractivity contribution is -0.332. The number of hydrogen-bond acceptors (Lipinski definition) is 17. The highest BCUT2D eigenvalue weighted by molar-refractivity contribution is 5.80. The molecule has 3 aliphatic rings. The standard InChI is InChI=1S/C22H43N5O13/c23-2-1-8(29)20(36)27-7-3-6(25)18(39-22-16(34)15(33)13(31)9(4-24)37-22)17(35)19(7)40-21-14(32)11(26)12(30)10(5-28)38-21/h6-19,21-22,28-35H,1-5,23-26H2,(H,27,36)/t6-,7+,8-,9+,10+,11-,12+,13+,14+,15-,16+,17-,18-,19-,21+,22+/m0/s1. The largest absolute Gasteiger partial charge is 0.394 e. The molecule has 0 bridgehead atoms. The number of carbonyl (C=O) groups is 1. The second-order valence-corrected chi connectivity index (χ2v) is 10.3. The van der Waals surface area contributed by atoms with Crippen LogP contribution in [-0.4, -0.2) is 164 Å². The van der Waals surface area contributed by atoms with Gasteiger partial charge in [0.05, 0.1) is 18.7 Å². The lowest BCUT2D eigenvalue weighted by Gasteiger charge is -2.49. The molecule has 0 aromatic heterocycles. The Morgan fingerprint density at radius 2 is 1.45 bits per heavy atom. The van der Waals surface area contributed by atoms with Crippen LogP contribution in [0.25, 0.3) is 0 Å². The molecule has 2 saturated heterocycles. The van der Waals surface area contributed by atoms with E-state index in [2.05, 4.69) is 5.32 Å². The molecule has 3 rings (SSSR count). The van der Waals surface area contributed by atoms with E-state index >= 15 is 0 Å². The van der Waals surface area contributed by atoms with Crippen LogP contribution in [0.5, 0.6) is 0 Å². The molecule has 16 atom stereocenters. The van der Waals surface area contributed by atoms with Crippen molar-refractivity contribution < 1.29 is 64.6 Å². The molecule has 0 radical (unpaired) electrons.